The van der Waals surface area contributed by atoms with Crippen LogP contribution < -0.4 is 5.73 Å². The van der Waals surface area contributed by atoms with Crippen LogP contribution in [0.25, 0.3) is 11.4 Å². The van der Waals surface area contributed by atoms with Crippen molar-refractivity contribution in [1.82, 2.24) is 14.8 Å². The van der Waals surface area contributed by atoms with Crippen LogP contribution in [0.3, 0.4) is 0 Å². The maximum Gasteiger partial charge on any atom is 0.416 e. The highest BCUT2D eigenvalue weighted by Crippen LogP contribution is 2.31. The molecule has 0 amide bonds. The molecule has 1 aromatic carbocycles. The number of rotatable bonds is 1. The molecule has 2 heterocycles. The van der Waals surface area contributed by atoms with Crippen LogP contribution in [0.15, 0.2) is 24.3 Å². The SMILES string of the molecule is NC1CCn2nc(-c3cccc(C(F)(F)F)c3)nc2C1. The number of nitrogens with two attached hydrogens (primary N) is 1. The summed E-state index contributed by atoms with van der Waals surface area (Å²) in [5.41, 5.74) is 5.52. The Morgan fingerprint density at radius 3 is 2.85 bits per heavy atom. The third kappa shape index (κ3) is 2.40. The molecule has 7 heteroatoms. The molecule has 2 N–H and O–H groups in total. The van der Waals surface area contributed by atoms with Gasteiger partial charge in [0.2, 0.25) is 0 Å². The van der Waals surface area contributed by atoms with E-state index in [4.69, 9.17) is 5.73 Å². The standard InChI is InChI=1S/C13H13F3N4/c14-13(15,16)9-3-1-2-8(6-9)12-18-11-7-10(17)4-5-20(11)19-12/h1-3,6,10H,4-5,7,17H2. The van der Waals surface area contributed by atoms with Crippen LogP contribution in [-0.4, -0.2) is 20.8 Å². The fourth-order valence-corrected chi connectivity index (χ4v) is 2.29. The van der Waals surface area contributed by atoms with Crippen LogP contribution in [0.2, 0.25) is 0 Å². The number of alkyl halides is 3. The zero-order chi connectivity index (χ0) is 14.3. The van der Waals surface area contributed by atoms with E-state index in [9.17, 15) is 13.2 Å². The summed E-state index contributed by atoms with van der Waals surface area (Å²) in [4.78, 5) is 4.30. The van der Waals surface area contributed by atoms with E-state index >= 15 is 0 Å². The molecule has 0 radical (unpaired) electrons. The molecule has 2 aromatic rings. The van der Waals surface area contributed by atoms with E-state index in [1.54, 1.807) is 10.7 Å². The summed E-state index contributed by atoms with van der Waals surface area (Å²) in [5, 5.41) is 4.26. The molecule has 1 unspecified atom stereocenters. The number of aryl methyl sites for hydroxylation is 1. The van der Waals surface area contributed by atoms with Crippen LogP contribution in [0.1, 0.15) is 17.8 Å². The molecule has 20 heavy (non-hydrogen) atoms. The van der Waals surface area contributed by atoms with Gasteiger partial charge in [-0.1, -0.05) is 12.1 Å². The Morgan fingerprint density at radius 2 is 2.10 bits per heavy atom. The first-order valence-corrected chi connectivity index (χ1v) is 6.30. The van der Waals surface area contributed by atoms with E-state index < -0.39 is 11.7 Å². The average Bonchev–Trinajstić information content (AvgIpc) is 2.81. The van der Waals surface area contributed by atoms with Gasteiger partial charge in [-0.05, 0) is 18.6 Å². The predicted molar refractivity (Wildman–Crippen MR) is 66.8 cm³/mol. The molecule has 0 saturated carbocycles. The second-order valence-corrected chi connectivity index (χ2v) is 4.91. The van der Waals surface area contributed by atoms with Crippen molar-refractivity contribution in [3.05, 3.63) is 35.7 Å². The summed E-state index contributed by atoms with van der Waals surface area (Å²) in [6.07, 6.45) is -2.96. The fraction of sp³-hybridized carbons (Fsp3) is 0.385. The lowest BCUT2D eigenvalue weighted by atomic mass is 10.1. The highest BCUT2D eigenvalue weighted by molar-refractivity contribution is 5.56. The van der Waals surface area contributed by atoms with Gasteiger partial charge in [-0.2, -0.15) is 18.3 Å². The van der Waals surface area contributed by atoms with Crippen molar-refractivity contribution in [1.29, 1.82) is 0 Å². The van der Waals surface area contributed by atoms with Crippen molar-refractivity contribution in [2.45, 2.75) is 31.6 Å². The van der Waals surface area contributed by atoms with Gasteiger partial charge in [0.05, 0.1) is 5.56 Å². The Bertz CT molecular complexity index is 633. The van der Waals surface area contributed by atoms with E-state index in [1.807, 2.05) is 0 Å². The summed E-state index contributed by atoms with van der Waals surface area (Å²) in [6.45, 7) is 0.655. The lowest BCUT2D eigenvalue weighted by Gasteiger charge is -2.17. The van der Waals surface area contributed by atoms with Gasteiger partial charge in [0.15, 0.2) is 5.82 Å². The summed E-state index contributed by atoms with van der Waals surface area (Å²) >= 11 is 0. The lowest BCUT2D eigenvalue weighted by Crippen LogP contribution is -2.31. The Labute approximate surface area is 113 Å². The van der Waals surface area contributed by atoms with E-state index in [0.29, 0.717) is 24.4 Å². The minimum atomic E-state index is -4.36. The van der Waals surface area contributed by atoms with Gasteiger partial charge < -0.3 is 5.73 Å². The van der Waals surface area contributed by atoms with Gasteiger partial charge in [0, 0.05) is 24.6 Å². The van der Waals surface area contributed by atoms with Crippen LogP contribution in [-0.2, 0) is 19.1 Å². The second-order valence-electron chi connectivity index (χ2n) is 4.91. The summed E-state index contributed by atoms with van der Waals surface area (Å²) in [5.74, 6) is 1.05. The maximum atomic E-state index is 12.7. The van der Waals surface area contributed by atoms with Gasteiger partial charge in [0.1, 0.15) is 5.82 Å². The van der Waals surface area contributed by atoms with Crippen LogP contribution in [0.5, 0.6) is 0 Å². The van der Waals surface area contributed by atoms with Crippen LogP contribution in [0, 0.1) is 0 Å². The number of hydrogen-bond acceptors (Lipinski definition) is 3. The first-order chi connectivity index (χ1) is 9.43. The quantitative estimate of drug-likeness (QED) is 0.872. The fourth-order valence-electron chi connectivity index (χ4n) is 2.29. The molecule has 1 atom stereocenters. The normalized spacial score (nSPS) is 18.9. The molecule has 0 bridgehead atoms. The minimum absolute atomic E-state index is 0.0426. The van der Waals surface area contributed by atoms with Crippen molar-refractivity contribution < 1.29 is 13.2 Å². The first-order valence-electron chi connectivity index (χ1n) is 6.30. The van der Waals surface area contributed by atoms with Crippen molar-refractivity contribution >= 4 is 0 Å². The van der Waals surface area contributed by atoms with Crippen LogP contribution in [0.4, 0.5) is 13.2 Å². The van der Waals surface area contributed by atoms with Gasteiger partial charge in [-0.3, -0.25) is 0 Å². The molecular formula is C13H13F3N4. The number of benzene rings is 1. The Hall–Kier alpha value is -1.89. The Kier molecular flexibility index (Phi) is 3.01. The number of aromatic nitrogens is 3. The maximum absolute atomic E-state index is 12.7. The third-order valence-electron chi connectivity index (χ3n) is 3.35. The largest absolute Gasteiger partial charge is 0.416 e. The van der Waals surface area contributed by atoms with Crippen LogP contribution >= 0.6 is 0 Å². The van der Waals surface area contributed by atoms with Crippen molar-refractivity contribution in [2.24, 2.45) is 5.73 Å². The monoisotopic (exact) mass is 282 g/mol. The average molecular weight is 282 g/mol. The molecule has 4 nitrogen and oxygen atoms in total. The van der Waals surface area contributed by atoms with Crippen molar-refractivity contribution in [3.8, 4) is 11.4 Å². The van der Waals surface area contributed by atoms with Gasteiger partial charge in [-0.25, -0.2) is 9.67 Å². The Balaban J connectivity index is 1.98. The Morgan fingerprint density at radius 1 is 1.30 bits per heavy atom. The smallest absolute Gasteiger partial charge is 0.327 e. The number of fused-ring (bicyclic) bond motifs is 1. The summed E-state index contributed by atoms with van der Waals surface area (Å²) in [6, 6.07) is 5.10. The molecule has 0 aliphatic carbocycles. The number of hydrogen-bond donors (Lipinski definition) is 1. The second kappa shape index (κ2) is 4.59. The molecule has 0 spiro atoms. The number of nitrogens with zero attached hydrogens (tertiary/aromatic N) is 3. The van der Waals surface area contributed by atoms with Gasteiger partial charge in [0.25, 0.3) is 0 Å². The predicted octanol–water partition coefficient (Wildman–Crippen LogP) is 2.24. The third-order valence-corrected chi connectivity index (χ3v) is 3.35. The molecule has 3 rings (SSSR count). The summed E-state index contributed by atoms with van der Waals surface area (Å²) < 4.78 is 39.8. The number of halogens is 3. The molecule has 1 aliphatic heterocycles. The molecule has 1 aromatic heterocycles. The molecule has 1 aliphatic rings. The highest BCUT2D eigenvalue weighted by atomic mass is 19.4. The zero-order valence-electron chi connectivity index (χ0n) is 10.6. The van der Waals surface area contributed by atoms with E-state index in [2.05, 4.69) is 10.1 Å². The molecule has 0 fully saturated rings. The summed E-state index contributed by atoms with van der Waals surface area (Å²) in [7, 11) is 0. The van der Waals surface area contributed by atoms with Crippen molar-refractivity contribution in [3.63, 3.8) is 0 Å². The van der Waals surface area contributed by atoms with E-state index in [1.165, 1.54) is 6.07 Å². The first kappa shape index (κ1) is 13.1. The topological polar surface area (TPSA) is 56.7 Å². The van der Waals surface area contributed by atoms with Crippen molar-refractivity contribution in [2.75, 3.05) is 0 Å². The highest BCUT2D eigenvalue weighted by Gasteiger charge is 2.31. The minimum Gasteiger partial charge on any atom is -0.327 e. The lowest BCUT2D eigenvalue weighted by molar-refractivity contribution is -0.137. The van der Waals surface area contributed by atoms with Gasteiger partial charge >= 0.3 is 6.18 Å². The zero-order valence-corrected chi connectivity index (χ0v) is 10.6. The molecule has 0 saturated heterocycles. The molecular weight excluding hydrogens is 269 g/mol. The molecule has 106 valence electrons. The van der Waals surface area contributed by atoms with Gasteiger partial charge in [-0.15, -0.1) is 0 Å². The van der Waals surface area contributed by atoms with E-state index in [-0.39, 0.29) is 6.04 Å². The van der Waals surface area contributed by atoms with E-state index in [0.717, 1.165) is 24.4 Å².